The van der Waals surface area contributed by atoms with E-state index in [2.05, 4.69) is 9.56 Å². The molecule has 0 radical (unpaired) electrons. The van der Waals surface area contributed by atoms with Crippen molar-refractivity contribution in [2.24, 2.45) is 0 Å². The lowest BCUT2D eigenvalue weighted by Crippen LogP contribution is -2.28. The Labute approximate surface area is 94.2 Å². The van der Waals surface area contributed by atoms with Gasteiger partial charge in [0.15, 0.2) is 0 Å². The summed E-state index contributed by atoms with van der Waals surface area (Å²) in [6.45, 7) is 1.98. The van der Waals surface area contributed by atoms with E-state index in [1.807, 2.05) is 6.92 Å². The number of hydrogen-bond acceptors (Lipinski definition) is 5. The number of nitrogens with one attached hydrogen (secondary N) is 2. The third kappa shape index (κ3) is 3.87. The summed E-state index contributed by atoms with van der Waals surface area (Å²) >= 11 is 0. The molecular formula is C9H14N2O4S. The van der Waals surface area contributed by atoms with Crippen molar-refractivity contribution >= 4 is 10.0 Å². The van der Waals surface area contributed by atoms with Crippen molar-refractivity contribution in [3.8, 4) is 0 Å². The molecule has 0 aromatic heterocycles. The molecule has 0 aliphatic heterocycles. The number of aryl methyl sites for hydroxylation is 1. The van der Waals surface area contributed by atoms with E-state index in [1.54, 1.807) is 12.1 Å². The summed E-state index contributed by atoms with van der Waals surface area (Å²) in [6, 6.07) is 6.51. The first kappa shape index (κ1) is 13.1. The van der Waals surface area contributed by atoms with Gasteiger partial charge in [0, 0.05) is 6.54 Å². The molecule has 0 aliphatic rings. The van der Waals surface area contributed by atoms with Crippen molar-refractivity contribution in [3.63, 3.8) is 0 Å². The van der Waals surface area contributed by atoms with Crippen LogP contribution in [0.5, 0.6) is 0 Å². The molecule has 16 heavy (non-hydrogen) atoms. The van der Waals surface area contributed by atoms with Crippen LogP contribution in [-0.2, 0) is 14.9 Å². The van der Waals surface area contributed by atoms with Gasteiger partial charge >= 0.3 is 0 Å². The average Bonchev–Trinajstić information content (AvgIpc) is 2.25. The minimum atomic E-state index is -3.50. The first-order chi connectivity index (χ1) is 7.56. The van der Waals surface area contributed by atoms with Crippen molar-refractivity contribution in [1.29, 1.82) is 0 Å². The van der Waals surface area contributed by atoms with Crippen LogP contribution in [0.15, 0.2) is 29.2 Å². The molecule has 0 bridgehead atoms. The fourth-order valence-electron chi connectivity index (χ4n) is 1.07. The third-order valence-electron chi connectivity index (χ3n) is 1.89. The maximum absolute atomic E-state index is 11.7. The zero-order chi connectivity index (χ0) is 12.0. The number of rotatable bonds is 6. The lowest BCUT2D eigenvalue weighted by molar-refractivity contribution is -0.124. The molecule has 0 heterocycles. The van der Waals surface area contributed by atoms with E-state index in [9.17, 15) is 8.42 Å². The Hall–Kier alpha value is -0.990. The molecule has 0 saturated heterocycles. The minimum Gasteiger partial charge on any atom is -0.292 e. The van der Waals surface area contributed by atoms with Gasteiger partial charge in [-0.3, -0.25) is 10.0 Å². The Morgan fingerprint density at radius 3 is 2.50 bits per heavy atom. The van der Waals surface area contributed by atoms with Crippen molar-refractivity contribution in [2.45, 2.75) is 11.8 Å². The summed E-state index contributed by atoms with van der Waals surface area (Å²) in [6.07, 6.45) is 0. The molecule has 0 spiro atoms. The van der Waals surface area contributed by atoms with E-state index in [0.29, 0.717) is 0 Å². The molecule has 1 aromatic rings. The van der Waals surface area contributed by atoms with Crippen molar-refractivity contribution in [3.05, 3.63) is 29.8 Å². The maximum Gasteiger partial charge on any atom is 0.240 e. The molecular weight excluding hydrogens is 232 g/mol. The number of benzene rings is 1. The van der Waals surface area contributed by atoms with E-state index in [4.69, 9.17) is 5.21 Å². The summed E-state index contributed by atoms with van der Waals surface area (Å²) in [5.41, 5.74) is 2.46. The molecule has 0 atom stereocenters. The SMILES string of the molecule is Cc1ccc(S(=O)(=O)NCCONO)cc1. The zero-order valence-electron chi connectivity index (χ0n) is 8.80. The lowest BCUT2D eigenvalue weighted by atomic mass is 10.2. The fourth-order valence-corrected chi connectivity index (χ4v) is 2.09. The van der Waals surface area contributed by atoms with Crippen molar-refractivity contribution in [2.75, 3.05) is 13.2 Å². The molecule has 0 unspecified atom stereocenters. The predicted molar refractivity (Wildman–Crippen MR) is 57.2 cm³/mol. The Kier molecular flexibility index (Phi) is 4.84. The Morgan fingerprint density at radius 2 is 1.94 bits per heavy atom. The molecule has 3 N–H and O–H groups in total. The molecule has 0 saturated carbocycles. The van der Waals surface area contributed by atoms with Gasteiger partial charge in [-0.2, -0.15) is 0 Å². The highest BCUT2D eigenvalue weighted by molar-refractivity contribution is 7.89. The summed E-state index contributed by atoms with van der Waals surface area (Å²) in [4.78, 5) is 4.57. The van der Waals surface area contributed by atoms with Gasteiger partial charge < -0.3 is 0 Å². The van der Waals surface area contributed by atoms with Gasteiger partial charge in [-0.25, -0.2) is 13.1 Å². The van der Waals surface area contributed by atoms with E-state index in [-0.39, 0.29) is 18.0 Å². The quantitative estimate of drug-likeness (QED) is 0.492. The summed E-state index contributed by atoms with van der Waals surface area (Å²) in [5, 5.41) is 8.09. The van der Waals surface area contributed by atoms with Crippen LogP contribution in [0.25, 0.3) is 0 Å². The Bertz CT molecular complexity index is 416. The molecule has 1 rings (SSSR count). The van der Waals surface area contributed by atoms with E-state index < -0.39 is 10.0 Å². The summed E-state index contributed by atoms with van der Waals surface area (Å²) in [7, 11) is -3.50. The highest BCUT2D eigenvalue weighted by atomic mass is 32.2. The fraction of sp³-hybridized carbons (Fsp3) is 0.333. The standard InChI is InChI=1S/C9H14N2O4S/c1-8-2-4-9(5-3-8)16(13,14)10-6-7-15-11-12/h2-5,10-12H,6-7H2,1H3. The number of sulfonamides is 1. The largest absolute Gasteiger partial charge is 0.292 e. The van der Waals surface area contributed by atoms with Crippen molar-refractivity contribution in [1.82, 2.24) is 10.4 Å². The average molecular weight is 246 g/mol. The van der Waals surface area contributed by atoms with Gasteiger partial charge in [-0.1, -0.05) is 23.3 Å². The van der Waals surface area contributed by atoms with E-state index >= 15 is 0 Å². The van der Waals surface area contributed by atoms with Gasteiger partial charge in [0.25, 0.3) is 0 Å². The third-order valence-corrected chi connectivity index (χ3v) is 3.37. The molecule has 1 aromatic carbocycles. The van der Waals surface area contributed by atoms with Crippen LogP contribution < -0.4 is 10.4 Å². The van der Waals surface area contributed by atoms with Gasteiger partial charge in [0.1, 0.15) is 0 Å². The normalized spacial score (nSPS) is 11.6. The van der Waals surface area contributed by atoms with Crippen LogP contribution in [0.2, 0.25) is 0 Å². The molecule has 0 amide bonds. The van der Waals surface area contributed by atoms with Crippen LogP contribution in [0.1, 0.15) is 5.56 Å². The molecule has 6 nitrogen and oxygen atoms in total. The van der Waals surface area contributed by atoms with Crippen LogP contribution >= 0.6 is 0 Å². The van der Waals surface area contributed by atoms with E-state index in [1.165, 1.54) is 17.8 Å². The molecule has 90 valence electrons. The minimum absolute atomic E-state index is 0.0294. The number of hydrogen-bond donors (Lipinski definition) is 3. The lowest BCUT2D eigenvalue weighted by Gasteiger charge is -2.06. The highest BCUT2D eigenvalue weighted by Gasteiger charge is 2.12. The monoisotopic (exact) mass is 246 g/mol. The van der Waals surface area contributed by atoms with E-state index in [0.717, 1.165) is 5.56 Å². The second-order valence-corrected chi connectivity index (χ2v) is 4.92. The summed E-state index contributed by atoms with van der Waals surface area (Å²) in [5.74, 6) is 0. The smallest absolute Gasteiger partial charge is 0.240 e. The highest BCUT2D eigenvalue weighted by Crippen LogP contribution is 2.09. The zero-order valence-corrected chi connectivity index (χ0v) is 9.62. The Balaban J connectivity index is 2.60. The van der Waals surface area contributed by atoms with Crippen molar-refractivity contribution < 1.29 is 18.5 Å². The first-order valence-corrected chi connectivity index (χ1v) is 6.12. The predicted octanol–water partition coefficient (Wildman–Crippen LogP) is 0.184. The second-order valence-electron chi connectivity index (χ2n) is 3.15. The van der Waals surface area contributed by atoms with Gasteiger partial charge in [-0.05, 0) is 19.1 Å². The molecule has 0 aliphatic carbocycles. The van der Waals surface area contributed by atoms with Gasteiger partial charge in [-0.15, -0.1) is 0 Å². The topological polar surface area (TPSA) is 87.7 Å². The summed E-state index contributed by atoms with van der Waals surface area (Å²) < 4.78 is 25.6. The van der Waals surface area contributed by atoms with Gasteiger partial charge in [0.05, 0.1) is 11.5 Å². The van der Waals surface area contributed by atoms with Crippen LogP contribution in [0, 0.1) is 6.92 Å². The maximum atomic E-state index is 11.7. The first-order valence-electron chi connectivity index (χ1n) is 4.63. The van der Waals surface area contributed by atoms with Gasteiger partial charge in [0.2, 0.25) is 10.0 Å². The second kappa shape index (κ2) is 5.92. The molecule has 0 fully saturated rings. The van der Waals surface area contributed by atoms with Crippen LogP contribution in [0.4, 0.5) is 0 Å². The van der Waals surface area contributed by atoms with Crippen LogP contribution in [-0.4, -0.2) is 26.8 Å². The Morgan fingerprint density at radius 1 is 1.31 bits per heavy atom. The van der Waals surface area contributed by atoms with Crippen LogP contribution in [0.3, 0.4) is 0 Å². The molecule has 7 heteroatoms.